The number of benzene rings is 10. The van der Waals surface area contributed by atoms with Gasteiger partial charge in [-0.1, -0.05) is 161 Å². The van der Waals surface area contributed by atoms with E-state index in [1.165, 1.54) is 121 Å². The molecule has 0 bridgehead atoms. The normalized spacial score (nSPS) is 14.7. The maximum Gasteiger partial charge on any atom is 0.0159 e. The lowest BCUT2D eigenvalue weighted by molar-refractivity contribution is 0.660. The molecule has 0 radical (unpaired) electrons. The largest absolute Gasteiger partial charge is 0.0619 e. The van der Waals surface area contributed by atoms with Crippen LogP contribution in [0.2, 0.25) is 0 Å². The lowest BCUT2D eigenvalue weighted by Crippen LogP contribution is -2.14. The summed E-state index contributed by atoms with van der Waals surface area (Å²) < 4.78 is 0. The summed E-state index contributed by atoms with van der Waals surface area (Å²) >= 11 is 0. The van der Waals surface area contributed by atoms with Gasteiger partial charge >= 0.3 is 0 Å². The van der Waals surface area contributed by atoms with Crippen LogP contribution >= 0.6 is 0 Å². The Labute approximate surface area is 327 Å². The van der Waals surface area contributed by atoms with Gasteiger partial charge in [-0.3, -0.25) is 0 Å². The van der Waals surface area contributed by atoms with Gasteiger partial charge in [0.25, 0.3) is 0 Å². The Morgan fingerprint density at radius 1 is 0.250 bits per heavy atom. The van der Waals surface area contributed by atoms with Crippen molar-refractivity contribution in [2.45, 2.75) is 38.5 Å². The molecular formula is C56H40. The van der Waals surface area contributed by atoms with Crippen LogP contribution in [0.4, 0.5) is 0 Å². The third-order valence-corrected chi connectivity index (χ3v) is 13.6. The van der Waals surface area contributed by atoms with Crippen molar-refractivity contribution < 1.29 is 0 Å². The molecule has 0 heterocycles. The average Bonchev–Trinajstić information content (AvgIpc) is 3.61. The zero-order chi connectivity index (χ0) is 37.5. The van der Waals surface area contributed by atoms with E-state index < -0.39 is 0 Å². The number of rotatable bonds is 2. The van der Waals surface area contributed by atoms with Gasteiger partial charge in [0.2, 0.25) is 0 Å². The monoisotopic (exact) mass is 712 g/mol. The number of hydrogen-bond acceptors (Lipinski definition) is 0. The van der Waals surface area contributed by atoms with E-state index in [1.54, 1.807) is 0 Å². The predicted molar refractivity (Wildman–Crippen MR) is 240 cm³/mol. The molecule has 10 aromatic carbocycles. The Morgan fingerprint density at radius 3 is 1.30 bits per heavy atom. The van der Waals surface area contributed by atoms with E-state index in [0.29, 0.717) is 0 Å². The first-order valence-electron chi connectivity index (χ1n) is 20.0. The molecule has 0 N–H and O–H groups in total. The molecule has 0 atom stereocenters. The van der Waals surface area contributed by atoms with Gasteiger partial charge in [0.05, 0.1) is 0 Å². The van der Waals surface area contributed by atoms with Crippen LogP contribution in [0.1, 0.15) is 49.9 Å². The quantitative estimate of drug-likeness (QED) is 0.157. The fraction of sp³-hybridized carbons (Fsp3) is 0.107. The van der Waals surface area contributed by atoms with Crippen LogP contribution in [-0.2, 0) is 10.8 Å². The second kappa shape index (κ2) is 11.1. The first kappa shape index (κ1) is 31.8. The van der Waals surface area contributed by atoms with Crippen LogP contribution in [0.15, 0.2) is 170 Å². The second-order valence-corrected chi connectivity index (χ2v) is 17.3. The highest BCUT2D eigenvalue weighted by atomic mass is 14.4. The van der Waals surface area contributed by atoms with Crippen molar-refractivity contribution in [3.8, 4) is 44.5 Å². The van der Waals surface area contributed by atoms with E-state index >= 15 is 0 Å². The van der Waals surface area contributed by atoms with Crippen LogP contribution in [0.3, 0.4) is 0 Å². The minimum atomic E-state index is -0.0343. The third-order valence-electron chi connectivity index (χ3n) is 13.6. The first-order valence-corrected chi connectivity index (χ1v) is 20.0. The van der Waals surface area contributed by atoms with E-state index in [0.717, 1.165) is 0 Å². The maximum absolute atomic E-state index is 2.48. The fourth-order valence-electron chi connectivity index (χ4n) is 10.6. The molecule has 2 aliphatic carbocycles. The van der Waals surface area contributed by atoms with E-state index in [4.69, 9.17) is 0 Å². The Hall–Kier alpha value is -6.50. The molecule has 264 valence electrons. The van der Waals surface area contributed by atoms with Crippen LogP contribution in [0.5, 0.6) is 0 Å². The zero-order valence-electron chi connectivity index (χ0n) is 32.2. The van der Waals surface area contributed by atoms with Crippen LogP contribution < -0.4 is 0 Å². The van der Waals surface area contributed by atoms with Crippen molar-refractivity contribution in [1.29, 1.82) is 0 Å². The molecule has 2 aliphatic rings. The first-order chi connectivity index (χ1) is 27.3. The Morgan fingerprint density at radius 2 is 0.661 bits per heavy atom. The minimum Gasteiger partial charge on any atom is -0.0619 e. The summed E-state index contributed by atoms with van der Waals surface area (Å²) in [5.41, 5.74) is 16.1. The molecule has 0 saturated carbocycles. The molecule has 0 aromatic heterocycles. The summed E-state index contributed by atoms with van der Waals surface area (Å²) in [5, 5.41) is 13.0. The highest BCUT2D eigenvalue weighted by molar-refractivity contribution is 6.26. The molecule has 12 rings (SSSR count). The van der Waals surface area contributed by atoms with E-state index in [1.807, 2.05) is 0 Å². The summed E-state index contributed by atoms with van der Waals surface area (Å²) in [5.74, 6) is 0. The Bertz CT molecular complexity index is 3330. The molecule has 0 spiro atoms. The molecule has 0 amide bonds. The summed E-state index contributed by atoms with van der Waals surface area (Å²) in [6.07, 6.45) is 0. The molecule has 0 saturated heterocycles. The summed E-state index contributed by atoms with van der Waals surface area (Å²) in [4.78, 5) is 0. The van der Waals surface area contributed by atoms with E-state index in [-0.39, 0.29) is 10.8 Å². The Balaban J connectivity index is 0.996. The summed E-state index contributed by atoms with van der Waals surface area (Å²) in [6.45, 7) is 9.47. The van der Waals surface area contributed by atoms with Gasteiger partial charge in [0.1, 0.15) is 0 Å². The van der Waals surface area contributed by atoms with Crippen molar-refractivity contribution in [2.75, 3.05) is 0 Å². The van der Waals surface area contributed by atoms with E-state index in [2.05, 4.69) is 198 Å². The van der Waals surface area contributed by atoms with Crippen molar-refractivity contribution >= 4 is 53.9 Å². The molecule has 0 fully saturated rings. The van der Waals surface area contributed by atoms with Gasteiger partial charge in [-0.15, -0.1) is 0 Å². The minimum absolute atomic E-state index is 0.0267. The van der Waals surface area contributed by atoms with Crippen LogP contribution in [-0.4, -0.2) is 0 Å². The molecule has 0 aliphatic heterocycles. The van der Waals surface area contributed by atoms with Gasteiger partial charge in [-0.05, 0) is 157 Å². The average molecular weight is 713 g/mol. The zero-order valence-corrected chi connectivity index (χ0v) is 32.2. The lowest BCUT2D eigenvalue weighted by Gasteiger charge is -2.22. The second-order valence-electron chi connectivity index (χ2n) is 17.3. The molecule has 0 heteroatoms. The molecular weight excluding hydrogens is 673 g/mol. The molecule has 56 heavy (non-hydrogen) atoms. The predicted octanol–water partition coefficient (Wildman–Crippen LogP) is 15.4. The Kier molecular flexibility index (Phi) is 6.28. The third kappa shape index (κ3) is 4.25. The SMILES string of the molecule is CC1(C)c2ccccc2-c2ccc(-c3ccc4c5ccc(-c6ccc7ccc8cc9c(cc8c7c6)C(C)(C)c6ccccc6-9)cc5c5ccccc5c4c3)cc21. The van der Waals surface area contributed by atoms with Crippen LogP contribution in [0, 0.1) is 0 Å². The van der Waals surface area contributed by atoms with Crippen LogP contribution in [0.25, 0.3) is 98.4 Å². The topological polar surface area (TPSA) is 0 Å². The van der Waals surface area contributed by atoms with Gasteiger partial charge in [-0.2, -0.15) is 0 Å². The van der Waals surface area contributed by atoms with Crippen molar-refractivity contribution in [1.82, 2.24) is 0 Å². The smallest absolute Gasteiger partial charge is 0.0159 e. The van der Waals surface area contributed by atoms with Gasteiger partial charge in [-0.25, -0.2) is 0 Å². The molecule has 0 unspecified atom stereocenters. The van der Waals surface area contributed by atoms with E-state index in [9.17, 15) is 0 Å². The van der Waals surface area contributed by atoms with Crippen molar-refractivity contribution in [3.05, 3.63) is 192 Å². The number of fused-ring (bicyclic) bond motifs is 15. The van der Waals surface area contributed by atoms with Crippen molar-refractivity contribution in [2.24, 2.45) is 0 Å². The van der Waals surface area contributed by atoms with Crippen molar-refractivity contribution in [3.63, 3.8) is 0 Å². The maximum atomic E-state index is 2.48. The molecule has 10 aromatic rings. The highest BCUT2D eigenvalue weighted by Gasteiger charge is 2.36. The summed E-state index contributed by atoms with van der Waals surface area (Å²) in [7, 11) is 0. The summed E-state index contributed by atoms with van der Waals surface area (Å²) in [6, 6.07) is 64.6. The standard InChI is InChI=1S/C56H40/c1-55(2)51-15-9-7-13-43(51)45-26-23-37(31-53(45)55)36-22-25-42-41-24-21-35(28-48(41)39-11-5-6-12-40(39)49(42)29-36)34-19-17-33-18-20-38-30-50-44-14-8-10-16-52(44)56(3,4)54(50)32-47(38)46(33)27-34/h5-32H,1-4H3. The fourth-order valence-corrected chi connectivity index (χ4v) is 10.6. The molecule has 0 nitrogen and oxygen atoms in total. The lowest BCUT2D eigenvalue weighted by atomic mass is 9.81. The van der Waals surface area contributed by atoms with Gasteiger partial charge in [0, 0.05) is 10.8 Å². The van der Waals surface area contributed by atoms with Gasteiger partial charge in [0.15, 0.2) is 0 Å². The highest BCUT2D eigenvalue weighted by Crippen LogP contribution is 2.52. The van der Waals surface area contributed by atoms with Gasteiger partial charge < -0.3 is 0 Å². The number of hydrogen-bond donors (Lipinski definition) is 0.